The first-order valence-corrected chi connectivity index (χ1v) is 10.1. The molecule has 34 heavy (non-hydrogen) atoms. The first-order chi connectivity index (χ1) is 15.7. The zero-order valence-electron chi connectivity index (χ0n) is 18.5. The van der Waals surface area contributed by atoms with Crippen LogP contribution in [-0.4, -0.2) is 108 Å². The van der Waals surface area contributed by atoms with Gasteiger partial charge in [-0.15, -0.1) is 0 Å². The number of carboxylic acids is 2. The van der Waals surface area contributed by atoms with E-state index >= 15 is 0 Å². The Kier molecular flexibility index (Phi) is 9.53. The molecule has 0 fully saturated rings. The van der Waals surface area contributed by atoms with E-state index in [1.165, 1.54) is 12.1 Å². The molecule has 0 bridgehead atoms. The summed E-state index contributed by atoms with van der Waals surface area (Å²) in [5, 5.41) is 26.6. The van der Waals surface area contributed by atoms with Gasteiger partial charge < -0.3 is 36.8 Å². The molecule has 0 spiro atoms. The van der Waals surface area contributed by atoms with Gasteiger partial charge in [0, 0.05) is 75.5 Å². The molecule has 8 N–H and O–H groups in total. The van der Waals surface area contributed by atoms with Crippen LogP contribution < -0.4 is 32.1 Å². The Morgan fingerprint density at radius 3 is 2.56 bits per heavy atom. The molecule has 1 aromatic carbocycles. The van der Waals surface area contributed by atoms with Crippen molar-refractivity contribution in [3.8, 4) is 0 Å². The Bertz CT molecular complexity index is 1110. The van der Waals surface area contributed by atoms with E-state index in [9.17, 15) is 24.3 Å². The van der Waals surface area contributed by atoms with Crippen molar-refractivity contribution < 1.29 is 24.6 Å². The van der Waals surface area contributed by atoms with E-state index in [1.54, 1.807) is 19.2 Å². The van der Waals surface area contributed by atoms with Crippen molar-refractivity contribution in [3.05, 3.63) is 40.2 Å². The number of nitrogens with two attached hydrogens (primary N) is 1. The average molecular weight is 505 g/mol. The van der Waals surface area contributed by atoms with Gasteiger partial charge in [0.2, 0.25) is 5.95 Å². The minimum Gasteiger partial charge on any atom is -0.481 e. The molecule has 1 aliphatic rings. The molecule has 0 saturated heterocycles. The SMILES string of the molecule is CN1c2c(nc(N)[nH]c2=O)NC[C@@H]1CNc1ccc(C(=O)N[13C@@H]([13CH2][13CH2][13C](=O)O)[13C](=O)O)cc1.[Ca]. The van der Waals surface area contributed by atoms with Crippen LogP contribution in [0.1, 0.15) is 23.2 Å². The summed E-state index contributed by atoms with van der Waals surface area (Å²) in [5.74, 6) is -2.59. The van der Waals surface area contributed by atoms with E-state index in [1.807, 2.05) is 4.90 Å². The number of nitrogens with zero attached hydrogens (tertiary/aromatic N) is 2. The number of aliphatic carboxylic acids is 2. The molecule has 2 aromatic rings. The number of aromatic amines is 1. The van der Waals surface area contributed by atoms with Gasteiger partial charge in [0.05, 0.1) is 6.04 Å². The molecule has 0 saturated carbocycles. The summed E-state index contributed by atoms with van der Waals surface area (Å²) < 4.78 is 0. The Morgan fingerprint density at radius 1 is 1.26 bits per heavy atom. The van der Waals surface area contributed by atoms with E-state index in [0.717, 1.165) is 5.69 Å². The number of carboxylic acid groups (broad SMARTS) is 2. The summed E-state index contributed by atoms with van der Waals surface area (Å²) in [6, 6.07) is 5.03. The second-order valence-electron chi connectivity index (χ2n) is 7.55. The summed E-state index contributed by atoms with van der Waals surface area (Å²) >= 11 is 0. The van der Waals surface area contributed by atoms with Crippen molar-refractivity contribution in [2.75, 3.05) is 41.4 Å². The van der Waals surface area contributed by atoms with Crippen LogP contribution in [0, 0.1) is 0 Å². The third-order valence-corrected chi connectivity index (χ3v) is 5.26. The molecule has 0 unspecified atom stereocenters. The largest absolute Gasteiger partial charge is 0.481 e. The summed E-state index contributed by atoms with van der Waals surface area (Å²) in [6.45, 7) is 1.01. The van der Waals surface area contributed by atoms with Crippen molar-refractivity contribution >= 4 is 78.7 Å². The number of carbonyl (C=O) groups excluding carboxylic acids is 1. The minimum absolute atomic E-state index is 0. The Hall–Kier alpha value is -3.03. The molecule has 3 rings (SSSR count). The van der Waals surface area contributed by atoms with Gasteiger partial charge in [0.25, 0.3) is 11.5 Å². The number of amides is 1. The van der Waals surface area contributed by atoms with Gasteiger partial charge in [0.15, 0.2) is 5.82 Å². The van der Waals surface area contributed by atoms with Crippen LogP contribution in [0.25, 0.3) is 0 Å². The van der Waals surface area contributed by atoms with E-state index in [2.05, 4.69) is 25.9 Å². The fourth-order valence-corrected chi connectivity index (χ4v) is 3.42. The van der Waals surface area contributed by atoms with Gasteiger partial charge in [-0.05, 0) is 30.7 Å². The number of H-pyrrole nitrogens is 1. The number of carbonyl (C=O) groups is 3. The van der Waals surface area contributed by atoms with Crippen molar-refractivity contribution in [1.82, 2.24) is 15.3 Å². The maximum atomic E-state index is 12.3. The average Bonchev–Trinajstić information content (AvgIpc) is 2.75. The van der Waals surface area contributed by atoms with Crippen LogP contribution in [0.15, 0.2) is 29.1 Å². The normalized spacial score (nSPS) is 15.2. The Labute approximate surface area is 224 Å². The summed E-state index contributed by atoms with van der Waals surface area (Å²) in [4.78, 5) is 54.9. The third-order valence-electron chi connectivity index (χ3n) is 5.26. The first-order valence-electron chi connectivity index (χ1n) is 10.1. The number of nitrogen functional groups attached to an aromatic ring is 1. The van der Waals surface area contributed by atoms with Gasteiger partial charge in [-0.1, -0.05) is 0 Å². The maximum Gasteiger partial charge on any atom is 0.326 e. The molecule has 2 heterocycles. The van der Waals surface area contributed by atoms with Crippen LogP contribution in [0.2, 0.25) is 0 Å². The third kappa shape index (κ3) is 6.74. The zero-order valence-corrected chi connectivity index (χ0v) is 20.7. The van der Waals surface area contributed by atoms with Crippen molar-refractivity contribution in [2.45, 2.75) is 24.9 Å². The van der Waals surface area contributed by atoms with Gasteiger partial charge >= 0.3 is 11.9 Å². The van der Waals surface area contributed by atoms with Crippen LogP contribution >= 0.6 is 0 Å². The van der Waals surface area contributed by atoms with Crippen LogP contribution in [0.5, 0.6) is 0 Å². The number of fused-ring (bicyclic) bond motifs is 1. The van der Waals surface area contributed by atoms with Crippen molar-refractivity contribution in [2.24, 2.45) is 0 Å². The summed E-state index contributed by atoms with van der Waals surface area (Å²) in [7, 11) is 1.79. The van der Waals surface area contributed by atoms with E-state index in [0.29, 0.717) is 24.6 Å². The van der Waals surface area contributed by atoms with Crippen LogP contribution in [0.3, 0.4) is 0 Å². The van der Waals surface area contributed by atoms with Gasteiger partial charge in [-0.2, -0.15) is 4.98 Å². The number of anilines is 4. The second-order valence-corrected chi connectivity index (χ2v) is 7.55. The smallest absolute Gasteiger partial charge is 0.326 e. The number of rotatable bonds is 9. The fraction of sp³-hybridized carbons (Fsp3) is 0.350. The number of hydrogen-bond donors (Lipinski definition) is 7. The molecule has 13 nitrogen and oxygen atoms in total. The number of hydrogen-bond acceptors (Lipinski definition) is 9. The predicted molar refractivity (Wildman–Crippen MR) is 126 cm³/mol. The van der Waals surface area contributed by atoms with Gasteiger partial charge in [-0.3, -0.25) is 19.4 Å². The van der Waals surface area contributed by atoms with E-state index in [-0.39, 0.29) is 73.7 Å². The first kappa shape index (κ1) is 27.2. The quantitative estimate of drug-likeness (QED) is 0.169. The predicted octanol–water partition coefficient (Wildman–Crippen LogP) is -0.638. The number of likely N-dealkylation sites (N-methyl/N-ethyl adjacent to an activating group) is 1. The summed E-state index contributed by atoms with van der Waals surface area (Å²) in [5.41, 5.74) is 6.59. The zero-order chi connectivity index (χ0) is 24.1. The molecule has 2 atom stereocenters. The molecule has 14 heteroatoms. The molecule has 178 valence electrons. The number of benzene rings is 1. The van der Waals surface area contributed by atoms with Crippen molar-refractivity contribution in [3.63, 3.8) is 0 Å². The Morgan fingerprint density at radius 2 is 1.94 bits per heavy atom. The molecule has 0 aliphatic carbocycles. The monoisotopic (exact) mass is 504 g/mol. The van der Waals surface area contributed by atoms with Gasteiger partial charge in [0.1, 0.15) is 11.7 Å². The maximum absolute atomic E-state index is 12.3. The number of nitrogens with one attached hydrogen (secondary N) is 4. The van der Waals surface area contributed by atoms with E-state index < -0.39 is 23.9 Å². The molecular formula is C20H25CaN7O6. The molecule has 1 aliphatic heterocycles. The van der Waals surface area contributed by atoms with Crippen LogP contribution in [-0.2, 0) is 9.59 Å². The summed E-state index contributed by atoms with van der Waals surface area (Å²) in [6.07, 6.45) is -0.586. The van der Waals surface area contributed by atoms with E-state index in [4.69, 9.17) is 10.8 Å². The minimum atomic E-state index is -1.30. The van der Waals surface area contributed by atoms with Crippen molar-refractivity contribution in [1.29, 1.82) is 0 Å². The van der Waals surface area contributed by atoms with Crippen LogP contribution in [0.4, 0.5) is 23.1 Å². The number of aromatic nitrogens is 2. The Balaban J connectivity index is 0.00000408. The fourth-order valence-electron chi connectivity index (χ4n) is 3.42. The molecule has 2 radical (unpaired) electrons. The standard InChI is InChI=1S/C20H25N7O6.Ca/c1-27-12(9-23-16-15(27)18(31)26-20(21)25-16)8-22-11-4-2-10(3-5-11)17(30)24-13(19(32)33)6-7-14(28)29;/h2-5,12-13,22H,6-9H2,1H3,(H,24,30)(H,28,29)(H,32,33)(H4,21,23,25,26,31);/t12-,13-;/m0./s1/i6+1,7+1,13+1,14+1,19+1;. The molecule has 1 aromatic heterocycles. The molecule has 1 amide bonds. The second kappa shape index (κ2) is 11.9. The van der Waals surface area contributed by atoms with Gasteiger partial charge in [-0.25, -0.2) is 4.79 Å². The topological polar surface area (TPSA) is 203 Å². The molecular weight excluding hydrogens is 479 g/mol.